The topological polar surface area (TPSA) is 74.1 Å². The van der Waals surface area contributed by atoms with Crippen LogP contribution in [0.15, 0.2) is 74.7 Å². The molecule has 5 rings (SSSR count). The number of benzene rings is 2. The van der Waals surface area contributed by atoms with Crippen molar-refractivity contribution in [2.75, 3.05) is 0 Å². The third kappa shape index (κ3) is 2.71. The van der Waals surface area contributed by atoms with Gasteiger partial charge in [-0.1, -0.05) is 35.9 Å². The quantitative estimate of drug-likeness (QED) is 0.463. The summed E-state index contributed by atoms with van der Waals surface area (Å²) in [6.07, 6.45) is 3.09. The number of hydrogen-bond acceptors (Lipinski definition) is 5. The minimum absolute atomic E-state index is 0.152. The van der Waals surface area contributed by atoms with Crippen LogP contribution in [-0.4, -0.2) is 14.5 Å². The molecule has 0 aliphatic heterocycles. The van der Waals surface area contributed by atoms with Crippen LogP contribution in [0.1, 0.15) is 5.89 Å². The molecule has 0 unspecified atom stereocenters. The summed E-state index contributed by atoms with van der Waals surface area (Å²) in [6, 6.07) is 14.7. The van der Waals surface area contributed by atoms with Crippen molar-refractivity contribution in [1.29, 1.82) is 0 Å². The Hall–Kier alpha value is -3.38. The molecule has 0 spiro atoms. The SMILES string of the molecule is O=c1c2oc3ccccc3c2ncn1Cc1ncc(-c2cccc(Cl)c2)o1. The first-order chi connectivity index (χ1) is 13.2. The Morgan fingerprint density at radius 3 is 2.81 bits per heavy atom. The van der Waals surface area contributed by atoms with Gasteiger partial charge in [-0.3, -0.25) is 9.36 Å². The average Bonchev–Trinajstić information content (AvgIpc) is 3.29. The molecule has 0 radical (unpaired) electrons. The number of furan rings is 1. The summed E-state index contributed by atoms with van der Waals surface area (Å²) >= 11 is 6.01. The van der Waals surface area contributed by atoms with Gasteiger partial charge in [-0.2, -0.15) is 0 Å². The summed E-state index contributed by atoms with van der Waals surface area (Å²) in [5.41, 5.74) is 1.95. The van der Waals surface area contributed by atoms with E-state index in [0.717, 1.165) is 10.9 Å². The fourth-order valence-corrected chi connectivity index (χ4v) is 3.22. The first-order valence-electron chi connectivity index (χ1n) is 8.26. The molecule has 6 nitrogen and oxygen atoms in total. The highest BCUT2D eigenvalue weighted by molar-refractivity contribution is 6.30. The molecule has 0 atom stereocenters. The molecule has 0 aliphatic rings. The summed E-state index contributed by atoms with van der Waals surface area (Å²) in [4.78, 5) is 21.4. The Morgan fingerprint density at radius 1 is 1.04 bits per heavy atom. The van der Waals surface area contributed by atoms with E-state index in [9.17, 15) is 4.79 Å². The van der Waals surface area contributed by atoms with E-state index >= 15 is 0 Å². The molecule has 0 fully saturated rings. The zero-order chi connectivity index (χ0) is 18.4. The van der Waals surface area contributed by atoms with Gasteiger partial charge in [0.2, 0.25) is 11.5 Å². The lowest BCUT2D eigenvalue weighted by atomic mass is 10.2. The number of hydrogen-bond donors (Lipinski definition) is 0. The second-order valence-electron chi connectivity index (χ2n) is 6.08. The number of halogens is 1. The van der Waals surface area contributed by atoms with E-state index in [4.69, 9.17) is 20.4 Å². The fourth-order valence-electron chi connectivity index (χ4n) is 3.03. The van der Waals surface area contributed by atoms with Crippen LogP contribution >= 0.6 is 11.6 Å². The van der Waals surface area contributed by atoms with Crippen molar-refractivity contribution < 1.29 is 8.83 Å². The lowest BCUT2D eigenvalue weighted by Crippen LogP contribution is -2.20. The molecule has 5 aromatic rings. The Kier molecular flexibility index (Phi) is 3.58. The first kappa shape index (κ1) is 15.8. The smallest absolute Gasteiger partial charge is 0.297 e. The Labute approximate surface area is 157 Å². The highest BCUT2D eigenvalue weighted by atomic mass is 35.5. The van der Waals surface area contributed by atoms with Gasteiger partial charge in [-0.15, -0.1) is 0 Å². The van der Waals surface area contributed by atoms with Gasteiger partial charge in [-0.25, -0.2) is 9.97 Å². The maximum absolute atomic E-state index is 12.8. The molecule has 2 aromatic carbocycles. The molecule has 7 heteroatoms. The second-order valence-corrected chi connectivity index (χ2v) is 6.52. The molecule has 0 saturated carbocycles. The largest absolute Gasteiger partial charge is 0.448 e. The Bertz CT molecular complexity index is 1350. The standard InChI is InChI=1S/C20H12ClN3O3/c21-13-5-3-4-12(8-13)16-9-22-17(26-16)10-24-11-23-18-14-6-1-2-7-15(14)27-19(18)20(24)25/h1-9,11H,10H2. The fraction of sp³-hybridized carbons (Fsp3) is 0.0500. The molecule has 0 amide bonds. The minimum atomic E-state index is -0.279. The number of rotatable bonds is 3. The van der Waals surface area contributed by atoms with Crippen molar-refractivity contribution >= 4 is 33.7 Å². The van der Waals surface area contributed by atoms with E-state index in [2.05, 4.69) is 9.97 Å². The predicted octanol–water partition coefficient (Wildman–Crippen LogP) is 4.50. The molecule has 0 saturated heterocycles. The lowest BCUT2D eigenvalue weighted by Gasteiger charge is -2.01. The first-order valence-corrected chi connectivity index (χ1v) is 8.64. The van der Waals surface area contributed by atoms with Crippen molar-refractivity contribution in [3.8, 4) is 11.3 Å². The van der Waals surface area contributed by atoms with Gasteiger partial charge in [0.05, 0.1) is 12.5 Å². The summed E-state index contributed by atoms with van der Waals surface area (Å²) in [6.45, 7) is 0.152. The maximum atomic E-state index is 12.8. The van der Waals surface area contributed by atoms with Gasteiger partial charge in [0.1, 0.15) is 17.6 Å². The Balaban J connectivity index is 1.53. The summed E-state index contributed by atoms with van der Waals surface area (Å²) in [5.74, 6) is 0.975. The van der Waals surface area contributed by atoms with Crippen LogP contribution in [0.3, 0.4) is 0 Å². The Morgan fingerprint density at radius 2 is 1.93 bits per heavy atom. The van der Waals surface area contributed by atoms with Crippen molar-refractivity contribution in [3.05, 3.63) is 82.3 Å². The molecule has 27 heavy (non-hydrogen) atoms. The zero-order valence-electron chi connectivity index (χ0n) is 13.9. The van der Waals surface area contributed by atoms with Crippen LogP contribution in [0.4, 0.5) is 0 Å². The van der Waals surface area contributed by atoms with Gasteiger partial charge >= 0.3 is 0 Å². The normalized spacial score (nSPS) is 11.4. The molecule has 132 valence electrons. The third-order valence-corrected chi connectivity index (χ3v) is 4.55. The highest BCUT2D eigenvalue weighted by Gasteiger charge is 2.14. The van der Waals surface area contributed by atoms with E-state index in [-0.39, 0.29) is 17.7 Å². The molecule has 3 aromatic heterocycles. The van der Waals surface area contributed by atoms with E-state index in [1.54, 1.807) is 18.3 Å². The zero-order valence-corrected chi connectivity index (χ0v) is 14.7. The van der Waals surface area contributed by atoms with Gasteiger partial charge in [0.15, 0.2) is 5.76 Å². The lowest BCUT2D eigenvalue weighted by molar-refractivity contribution is 0.482. The predicted molar refractivity (Wildman–Crippen MR) is 102 cm³/mol. The number of aromatic nitrogens is 3. The van der Waals surface area contributed by atoms with Crippen molar-refractivity contribution in [2.24, 2.45) is 0 Å². The van der Waals surface area contributed by atoms with Gasteiger partial charge < -0.3 is 8.83 Å². The molecule has 0 N–H and O–H groups in total. The van der Waals surface area contributed by atoms with Crippen molar-refractivity contribution in [1.82, 2.24) is 14.5 Å². The molecule has 0 aliphatic carbocycles. The van der Waals surface area contributed by atoms with E-state index in [1.165, 1.54) is 10.9 Å². The number of para-hydroxylation sites is 1. The summed E-state index contributed by atoms with van der Waals surface area (Å²) < 4.78 is 12.9. The van der Waals surface area contributed by atoms with Gasteiger partial charge in [-0.05, 0) is 24.3 Å². The van der Waals surface area contributed by atoms with E-state index in [1.807, 2.05) is 36.4 Å². The van der Waals surface area contributed by atoms with Crippen LogP contribution in [0, 0.1) is 0 Å². The second kappa shape index (κ2) is 6.10. The van der Waals surface area contributed by atoms with Crippen LogP contribution < -0.4 is 5.56 Å². The van der Waals surface area contributed by atoms with Gasteiger partial charge in [0, 0.05) is 16.0 Å². The number of nitrogens with zero attached hydrogens (tertiary/aromatic N) is 3. The van der Waals surface area contributed by atoms with Crippen LogP contribution in [0.5, 0.6) is 0 Å². The van der Waals surface area contributed by atoms with E-state index < -0.39 is 0 Å². The molecular weight excluding hydrogens is 366 g/mol. The van der Waals surface area contributed by atoms with Gasteiger partial charge in [0.25, 0.3) is 5.56 Å². The van der Waals surface area contributed by atoms with Crippen LogP contribution in [0.25, 0.3) is 33.4 Å². The monoisotopic (exact) mass is 377 g/mol. The molecule has 0 bridgehead atoms. The highest BCUT2D eigenvalue weighted by Crippen LogP contribution is 2.25. The summed E-state index contributed by atoms with van der Waals surface area (Å²) in [7, 11) is 0. The van der Waals surface area contributed by atoms with Crippen LogP contribution in [0.2, 0.25) is 5.02 Å². The summed E-state index contributed by atoms with van der Waals surface area (Å²) in [5, 5.41) is 1.43. The average molecular weight is 378 g/mol. The van der Waals surface area contributed by atoms with Crippen LogP contribution in [-0.2, 0) is 6.54 Å². The van der Waals surface area contributed by atoms with E-state index in [0.29, 0.717) is 27.8 Å². The third-order valence-electron chi connectivity index (χ3n) is 4.32. The molecular formula is C20H12ClN3O3. The minimum Gasteiger partial charge on any atom is -0.448 e. The maximum Gasteiger partial charge on any atom is 0.297 e. The van der Waals surface area contributed by atoms with Crippen molar-refractivity contribution in [3.63, 3.8) is 0 Å². The molecule has 3 heterocycles. The van der Waals surface area contributed by atoms with Crippen molar-refractivity contribution in [2.45, 2.75) is 6.54 Å². The number of fused-ring (bicyclic) bond motifs is 3. The number of oxazole rings is 1.